The van der Waals surface area contributed by atoms with E-state index in [-0.39, 0.29) is 11.3 Å². The molecule has 0 bridgehead atoms. The third-order valence-electron chi connectivity index (χ3n) is 2.86. The minimum absolute atomic E-state index is 0.00255. The molecule has 0 atom stereocenters. The van der Waals surface area contributed by atoms with Crippen molar-refractivity contribution in [3.63, 3.8) is 0 Å². The molecule has 0 aliphatic carbocycles. The van der Waals surface area contributed by atoms with Gasteiger partial charge in [-0.2, -0.15) is 0 Å². The summed E-state index contributed by atoms with van der Waals surface area (Å²) in [7, 11) is -4.19. The predicted octanol–water partition coefficient (Wildman–Crippen LogP) is 2.77. The number of halogens is 2. The number of hydrogen-bond donors (Lipinski definition) is 2. The molecule has 8 heteroatoms. The van der Waals surface area contributed by atoms with Gasteiger partial charge in [0.1, 0.15) is 11.6 Å². The summed E-state index contributed by atoms with van der Waals surface area (Å²) in [5.41, 5.74) is 0.479. The third kappa shape index (κ3) is 3.40. The number of aryl methyl sites for hydroxylation is 1. The highest BCUT2D eigenvalue weighted by Gasteiger charge is 2.18. The Morgan fingerprint density at radius 3 is 2.18 bits per heavy atom. The second-order valence-electron chi connectivity index (χ2n) is 4.55. The molecule has 2 N–H and O–H groups in total. The lowest BCUT2D eigenvalue weighted by Crippen LogP contribution is -2.14. The topological polar surface area (TPSA) is 83.5 Å². The van der Waals surface area contributed by atoms with Crippen LogP contribution in [0.5, 0.6) is 0 Å². The molecule has 5 nitrogen and oxygen atoms in total. The molecule has 0 aliphatic heterocycles. The summed E-state index contributed by atoms with van der Waals surface area (Å²) in [5.74, 6) is -3.18. The number of carboxylic acid groups (broad SMARTS) is 1. The first-order valence-electron chi connectivity index (χ1n) is 6.02. The largest absolute Gasteiger partial charge is 0.478 e. The molecule has 0 aliphatic rings. The lowest BCUT2D eigenvalue weighted by atomic mass is 10.1. The Morgan fingerprint density at radius 1 is 1.09 bits per heavy atom. The number of sulfonamides is 1. The zero-order valence-corrected chi connectivity index (χ0v) is 12.1. The van der Waals surface area contributed by atoms with Gasteiger partial charge in [-0.15, -0.1) is 0 Å². The van der Waals surface area contributed by atoms with Gasteiger partial charge < -0.3 is 5.11 Å². The van der Waals surface area contributed by atoms with Crippen LogP contribution in [0.1, 0.15) is 15.9 Å². The fourth-order valence-electron chi connectivity index (χ4n) is 1.80. The Bertz CT molecular complexity index is 830. The van der Waals surface area contributed by atoms with E-state index in [1.54, 1.807) is 0 Å². The Labute approximate surface area is 125 Å². The number of carbonyl (C=O) groups is 1. The molecular weight excluding hydrogens is 316 g/mol. The van der Waals surface area contributed by atoms with E-state index in [2.05, 4.69) is 4.72 Å². The maximum absolute atomic E-state index is 13.1. The van der Waals surface area contributed by atoms with E-state index in [0.717, 1.165) is 0 Å². The number of carboxylic acids is 1. The molecule has 0 aromatic heterocycles. The van der Waals surface area contributed by atoms with Gasteiger partial charge in [0.15, 0.2) is 0 Å². The quantitative estimate of drug-likeness (QED) is 0.904. The van der Waals surface area contributed by atoms with Crippen molar-refractivity contribution >= 4 is 21.7 Å². The minimum atomic E-state index is -4.19. The Kier molecular flexibility index (Phi) is 4.14. The van der Waals surface area contributed by atoms with E-state index in [0.29, 0.717) is 23.8 Å². The summed E-state index contributed by atoms with van der Waals surface area (Å²) in [6.07, 6.45) is 0. The van der Waals surface area contributed by atoms with E-state index in [4.69, 9.17) is 5.11 Å². The molecular formula is C14H11F2NO4S. The molecule has 2 rings (SSSR count). The summed E-state index contributed by atoms with van der Waals surface area (Å²) in [6, 6.07) is 5.71. The molecule has 0 saturated carbocycles. The number of nitrogens with one attached hydrogen (secondary N) is 1. The summed E-state index contributed by atoms with van der Waals surface area (Å²) in [5, 5.41) is 8.85. The fourth-order valence-corrected chi connectivity index (χ4v) is 2.97. The average molecular weight is 327 g/mol. The molecule has 0 heterocycles. The van der Waals surface area contributed by atoms with Crippen LogP contribution in [-0.2, 0) is 10.0 Å². The number of benzene rings is 2. The first-order chi connectivity index (χ1) is 10.2. The molecule has 116 valence electrons. The van der Waals surface area contributed by atoms with Crippen LogP contribution in [0.3, 0.4) is 0 Å². The number of anilines is 1. The van der Waals surface area contributed by atoms with Crippen molar-refractivity contribution in [2.75, 3.05) is 4.72 Å². The van der Waals surface area contributed by atoms with Crippen LogP contribution in [0.25, 0.3) is 0 Å². The highest BCUT2D eigenvalue weighted by Crippen LogP contribution is 2.22. The molecule has 0 unspecified atom stereocenters. The average Bonchev–Trinajstić information content (AvgIpc) is 2.39. The Hall–Kier alpha value is -2.48. The maximum atomic E-state index is 13.1. The SMILES string of the molecule is Cc1cc(C(=O)O)ccc1NS(=O)(=O)c1cc(F)cc(F)c1. The van der Waals surface area contributed by atoms with Crippen LogP contribution in [0.2, 0.25) is 0 Å². The fraction of sp³-hybridized carbons (Fsp3) is 0.0714. The molecule has 2 aromatic rings. The summed E-state index contributed by atoms with van der Waals surface area (Å²) in [6.45, 7) is 1.51. The zero-order chi connectivity index (χ0) is 16.5. The van der Waals surface area contributed by atoms with Gasteiger partial charge in [-0.3, -0.25) is 4.72 Å². The molecule has 0 radical (unpaired) electrons. The van der Waals surface area contributed by atoms with Crippen molar-refractivity contribution in [1.29, 1.82) is 0 Å². The molecule has 0 spiro atoms. The summed E-state index contributed by atoms with van der Waals surface area (Å²) in [4.78, 5) is 10.3. The van der Waals surface area contributed by atoms with Crippen LogP contribution >= 0.6 is 0 Å². The van der Waals surface area contributed by atoms with Gasteiger partial charge >= 0.3 is 5.97 Å². The van der Waals surface area contributed by atoms with Gasteiger partial charge in [-0.1, -0.05) is 0 Å². The van der Waals surface area contributed by atoms with Gasteiger partial charge in [-0.05, 0) is 42.8 Å². The number of aromatic carboxylic acids is 1. The highest BCUT2D eigenvalue weighted by atomic mass is 32.2. The second kappa shape index (κ2) is 5.72. The molecule has 0 fully saturated rings. The van der Waals surface area contributed by atoms with Gasteiger partial charge in [0, 0.05) is 6.07 Å². The van der Waals surface area contributed by atoms with Gasteiger partial charge in [0.25, 0.3) is 10.0 Å². The summed E-state index contributed by atoms with van der Waals surface area (Å²) < 4.78 is 52.6. The van der Waals surface area contributed by atoms with Crippen LogP contribution in [0.4, 0.5) is 14.5 Å². The maximum Gasteiger partial charge on any atom is 0.335 e. The van der Waals surface area contributed by atoms with Crippen molar-refractivity contribution in [2.24, 2.45) is 0 Å². The van der Waals surface area contributed by atoms with Crippen molar-refractivity contribution in [1.82, 2.24) is 0 Å². The molecule has 22 heavy (non-hydrogen) atoms. The van der Waals surface area contributed by atoms with E-state index < -0.39 is 32.5 Å². The van der Waals surface area contributed by atoms with Gasteiger partial charge in [0.2, 0.25) is 0 Å². The lowest BCUT2D eigenvalue weighted by molar-refractivity contribution is 0.0697. The molecule has 0 amide bonds. The van der Waals surface area contributed by atoms with Gasteiger partial charge in [-0.25, -0.2) is 22.0 Å². The third-order valence-corrected chi connectivity index (χ3v) is 4.21. The first kappa shape index (κ1) is 15.9. The van der Waals surface area contributed by atoms with E-state index in [1.165, 1.54) is 25.1 Å². The predicted molar refractivity (Wildman–Crippen MR) is 75.3 cm³/mol. The molecule has 0 saturated heterocycles. The summed E-state index contributed by atoms with van der Waals surface area (Å²) >= 11 is 0. The van der Waals surface area contributed by atoms with Crippen LogP contribution < -0.4 is 4.72 Å². The Balaban J connectivity index is 2.38. The van der Waals surface area contributed by atoms with Crippen molar-refractivity contribution < 1.29 is 27.1 Å². The normalized spacial score (nSPS) is 11.2. The standard InChI is InChI=1S/C14H11F2NO4S/c1-8-4-9(14(18)19)2-3-13(8)17-22(20,21)12-6-10(15)5-11(16)7-12/h2-7,17H,1H3,(H,18,19). The van der Waals surface area contributed by atoms with Crippen molar-refractivity contribution in [3.8, 4) is 0 Å². The highest BCUT2D eigenvalue weighted by molar-refractivity contribution is 7.92. The van der Waals surface area contributed by atoms with E-state index in [1.807, 2.05) is 0 Å². The van der Waals surface area contributed by atoms with E-state index >= 15 is 0 Å². The first-order valence-corrected chi connectivity index (χ1v) is 7.50. The van der Waals surface area contributed by atoms with Crippen LogP contribution in [-0.4, -0.2) is 19.5 Å². The smallest absolute Gasteiger partial charge is 0.335 e. The lowest BCUT2D eigenvalue weighted by Gasteiger charge is -2.11. The monoisotopic (exact) mass is 327 g/mol. The van der Waals surface area contributed by atoms with Gasteiger partial charge in [0.05, 0.1) is 16.1 Å². The second-order valence-corrected chi connectivity index (χ2v) is 6.23. The number of rotatable bonds is 4. The van der Waals surface area contributed by atoms with Crippen LogP contribution in [0, 0.1) is 18.6 Å². The Morgan fingerprint density at radius 2 is 1.68 bits per heavy atom. The van der Waals surface area contributed by atoms with Crippen molar-refractivity contribution in [3.05, 3.63) is 59.2 Å². The van der Waals surface area contributed by atoms with E-state index in [9.17, 15) is 22.0 Å². The minimum Gasteiger partial charge on any atom is -0.478 e. The molecule has 2 aromatic carbocycles. The zero-order valence-electron chi connectivity index (χ0n) is 11.3. The number of hydrogen-bond acceptors (Lipinski definition) is 3. The van der Waals surface area contributed by atoms with Crippen molar-refractivity contribution in [2.45, 2.75) is 11.8 Å². The van der Waals surface area contributed by atoms with Crippen LogP contribution in [0.15, 0.2) is 41.3 Å².